The second kappa shape index (κ2) is 9.92. The number of ether oxygens (including phenoxy) is 2. The van der Waals surface area contributed by atoms with Gasteiger partial charge in [0.1, 0.15) is 18.1 Å². The lowest BCUT2D eigenvalue weighted by Crippen LogP contribution is -2.10. The summed E-state index contributed by atoms with van der Waals surface area (Å²) in [5.41, 5.74) is 0.829. The number of benzene rings is 3. The van der Waals surface area contributed by atoms with Crippen molar-refractivity contribution in [2.24, 2.45) is 7.05 Å². The van der Waals surface area contributed by atoms with Gasteiger partial charge in [-0.15, -0.1) is 5.10 Å². The minimum absolute atomic E-state index is 0.0293. The minimum Gasteiger partial charge on any atom is -0.489 e. The first-order chi connectivity index (χ1) is 16.0. The van der Waals surface area contributed by atoms with Gasteiger partial charge in [-0.25, -0.2) is 9.48 Å². The van der Waals surface area contributed by atoms with Crippen molar-refractivity contribution in [3.8, 4) is 11.5 Å². The zero-order chi connectivity index (χ0) is 23.2. The van der Waals surface area contributed by atoms with Gasteiger partial charge in [0.05, 0.1) is 10.5 Å². The highest BCUT2D eigenvalue weighted by Gasteiger charge is 2.21. The van der Waals surface area contributed by atoms with Gasteiger partial charge in [-0.1, -0.05) is 30.3 Å². The van der Waals surface area contributed by atoms with Crippen LogP contribution in [0.4, 0.5) is 5.69 Å². The van der Waals surface area contributed by atoms with Crippen LogP contribution in [-0.4, -0.2) is 31.1 Å². The Kier molecular flexibility index (Phi) is 6.60. The molecule has 11 heteroatoms. The first-order valence-electron chi connectivity index (χ1n) is 9.67. The Hall–Kier alpha value is -4.25. The van der Waals surface area contributed by atoms with E-state index < -0.39 is 10.9 Å². The number of nitro groups is 1. The molecule has 166 valence electrons. The minimum atomic E-state index is -0.741. The fraction of sp³-hybridized carbons (Fsp3) is 0.0909. The molecule has 0 unspecified atom stereocenters. The molecule has 0 atom stereocenters. The largest absolute Gasteiger partial charge is 0.489 e. The fourth-order valence-corrected chi connectivity index (χ4v) is 3.62. The molecule has 33 heavy (non-hydrogen) atoms. The van der Waals surface area contributed by atoms with Crippen LogP contribution in [0.2, 0.25) is 0 Å². The van der Waals surface area contributed by atoms with Crippen molar-refractivity contribution in [1.82, 2.24) is 20.2 Å². The number of carbonyl (C=O) groups is 1. The molecule has 1 heterocycles. The standard InChI is InChI=1S/C22H17N5O5S/c1-26-22(23-24-25-26)33-20-12-7-16(27(29)30)13-19(20)21(28)32-18-10-8-17(9-11-18)31-14-15-5-3-2-4-6-15/h2-13H,14H2,1H3. The third-order valence-corrected chi connectivity index (χ3v) is 5.56. The molecule has 0 aliphatic rings. The summed E-state index contributed by atoms with van der Waals surface area (Å²) in [4.78, 5) is 23.9. The third-order valence-electron chi connectivity index (χ3n) is 4.46. The molecule has 0 radical (unpaired) electrons. The predicted octanol–water partition coefficient (Wildman–Crippen LogP) is 4.07. The summed E-state index contributed by atoms with van der Waals surface area (Å²) in [5, 5.41) is 22.8. The van der Waals surface area contributed by atoms with E-state index in [-0.39, 0.29) is 17.0 Å². The number of carbonyl (C=O) groups excluding carboxylic acids is 1. The van der Waals surface area contributed by atoms with E-state index in [1.54, 1.807) is 31.3 Å². The number of non-ortho nitro benzene ring substituents is 1. The molecule has 0 fully saturated rings. The third kappa shape index (κ3) is 5.52. The van der Waals surface area contributed by atoms with Crippen molar-refractivity contribution in [1.29, 1.82) is 0 Å². The predicted molar refractivity (Wildman–Crippen MR) is 118 cm³/mol. The van der Waals surface area contributed by atoms with Crippen LogP contribution in [-0.2, 0) is 13.7 Å². The number of aromatic nitrogens is 4. The zero-order valence-electron chi connectivity index (χ0n) is 17.3. The van der Waals surface area contributed by atoms with Crippen molar-refractivity contribution in [3.63, 3.8) is 0 Å². The number of rotatable bonds is 8. The molecule has 0 saturated heterocycles. The van der Waals surface area contributed by atoms with Crippen molar-refractivity contribution in [2.45, 2.75) is 16.7 Å². The van der Waals surface area contributed by atoms with E-state index >= 15 is 0 Å². The van der Waals surface area contributed by atoms with Crippen LogP contribution >= 0.6 is 11.8 Å². The molecule has 10 nitrogen and oxygen atoms in total. The number of nitro benzene ring substituents is 1. The monoisotopic (exact) mass is 463 g/mol. The van der Waals surface area contributed by atoms with E-state index in [1.165, 1.54) is 22.9 Å². The lowest BCUT2D eigenvalue weighted by molar-refractivity contribution is -0.384. The fourth-order valence-electron chi connectivity index (χ4n) is 2.79. The quantitative estimate of drug-likeness (QED) is 0.165. The van der Waals surface area contributed by atoms with E-state index in [9.17, 15) is 14.9 Å². The maximum absolute atomic E-state index is 12.9. The van der Waals surface area contributed by atoms with Gasteiger partial charge in [-0.05, 0) is 58.1 Å². The lowest BCUT2D eigenvalue weighted by atomic mass is 10.2. The van der Waals surface area contributed by atoms with Crippen molar-refractivity contribution >= 4 is 23.4 Å². The summed E-state index contributed by atoms with van der Waals surface area (Å²) in [7, 11) is 1.65. The van der Waals surface area contributed by atoms with Crippen LogP contribution in [0, 0.1) is 10.1 Å². The highest BCUT2D eigenvalue weighted by atomic mass is 32.2. The van der Waals surface area contributed by atoms with Gasteiger partial charge in [0, 0.05) is 24.1 Å². The second-order valence-electron chi connectivity index (χ2n) is 6.76. The van der Waals surface area contributed by atoms with Gasteiger partial charge in [0.25, 0.3) is 5.69 Å². The molecule has 4 rings (SSSR count). The van der Waals surface area contributed by atoms with Gasteiger partial charge in [-0.3, -0.25) is 10.1 Å². The molecule has 3 aromatic carbocycles. The van der Waals surface area contributed by atoms with E-state index in [0.717, 1.165) is 17.3 Å². The van der Waals surface area contributed by atoms with Crippen molar-refractivity contribution in [3.05, 3.63) is 94.0 Å². The Morgan fingerprint density at radius 3 is 2.45 bits per heavy atom. The van der Waals surface area contributed by atoms with Crippen LogP contribution in [0.25, 0.3) is 0 Å². The molecule has 0 spiro atoms. The summed E-state index contributed by atoms with van der Waals surface area (Å²) in [6, 6.07) is 20.2. The lowest BCUT2D eigenvalue weighted by Gasteiger charge is -2.10. The van der Waals surface area contributed by atoms with Crippen LogP contribution in [0.5, 0.6) is 11.5 Å². The number of tetrazole rings is 1. The molecule has 0 N–H and O–H groups in total. The number of hydrogen-bond donors (Lipinski definition) is 0. The average molecular weight is 463 g/mol. The highest BCUT2D eigenvalue weighted by molar-refractivity contribution is 7.99. The Morgan fingerprint density at radius 1 is 1.06 bits per heavy atom. The molecule has 0 saturated carbocycles. The number of esters is 1. The second-order valence-corrected chi connectivity index (χ2v) is 7.77. The van der Waals surface area contributed by atoms with Gasteiger partial charge in [-0.2, -0.15) is 0 Å². The summed E-state index contributed by atoms with van der Waals surface area (Å²) in [5.74, 6) is 0.143. The first kappa shape index (κ1) is 22.0. The Labute approximate surface area is 192 Å². The van der Waals surface area contributed by atoms with Crippen LogP contribution < -0.4 is 9.47 Å². The van der Waals surface area contributed by atoms with Crippen LogP contribution in [0.3, 0.4) is 0 Å². The molecule has 4 aromatic rings. The van der Waals surface area contributed by atoms with Gasteiger partial charge < -0.3 is 9.47 Å². The maximum atomic E-state index is 12.9. The summed E-state index contributed by atoms with van der Waals surface area (Å²) >= 11 is 1.10. The summed E-state index contributed by atoms with van der Waals surface area (Å²) in [6.07, 6.45) is 0. The average Bonchev–Trinajstić information content (AvgIpc) is 3.23. The molecule has 1 aromatic heterocycles. The van der Waals surface area contributed by atoms with Gasteiger partial charge >= 0.3 is 5.97 Å². The zero-order valence-corrected chi connectivity index (χ0v) is 18.1. The normalized spacial score (nSPS) is 10.6. The molecule has 0 aliphatic carbocycles. The van der Waals surface area contributed by atoms with Gasteiger partial charge in [0.15, 0.2) is 0 Å². The number of nitrogens with zero attached hydrogens (tertiary/aromatic N) is 5. The van der Waals surface area contributed by atoms with E-state index in [1.807, 2.05) is 30.3 Å². The number of aryl methyl sites for hydroxylation is 1. The maximum Gasteiger partial charge on any atom is 0.344 e. The van der Waals surface area contributed by atoms with Crippen LogP contribution in [0.15, 0.2) is 82.8 Å². The molecular formula is C22H17N5O5S. The topological polar surface area (TPSA) is 122 Å². The number of hydrogen-bond acceptors (Lipinski definition) is 9. The molecule has 0 amide bonds. The van der Waals surface area contributed by atoms with E-state index in [0.29, 0.717) is 22.4 Å². The Morgan fingerprint density at radius 2 is 1.79 bits per heavy atom. The molecular weight excluding hydrogens is 446 g/mol. The van der Waals surface area contributed by atoms with Crippen LogP contribution in [0.1, 0.15) is 15.9 Å². The Bertz CT molecular complexity index is 1280. The molecule has 0 bridgehead atoms. The van der Waals surface area contributed by atoms with Crippen molar-refractivity contribution < 1.29 is 19.2 Å². The van der Waals surface area contributed by atoms with Gasteiger partial charge in [0.2, 0.25) is 5.16 Å². The highest BCUT2D eigenvalue weighted by Crippen LogP contribution is 2.32. The summed E-state index contributed by atoms with van der Waals surface area (Å²) < 4.78 is 12.6. The van der Waals surface area contributed by atoms with Crippen molar-refractivity contribution in [2.75, 3.05) is 0 Å². The smallest absolute Gasteiger partial charge is 0.344 e. The summed E-state index contributed by atoms with van der Waals surface area (Å²) in [6.45, 7) is 0.408. The van der Waals surface area contributed by atoms with E-state index in [4.69, 9.17) is 9.47 Å². The SMILES string of the molecule is Cn1nnnc1Sc1ccc([N+](=O)[O-])cc1C(=O)Oc1ccc(OCc2ccccc2)cc1. The van der Waals surface area contributed by atoms with E-state index in [2.05, 4.69) is 15.5 Å². The Balaban J connectivity index is 1.49. The first-order valence-corrected chi connectivity index (χ1v) is 10.5. The molecule has 0 aliphatic heterocycles.